The number of fused-ring (bicyclic) bond motifs is 1. The van der Waals surface area contributed by atoms with E-state index in [2.05, 4.69) is 48.7 Å². The lowest BCUT2D eigenvalue weighted by Gasteiger charge is -2.61. The van der Waals surface area contributed by atoms with Gasteiger partial charge >= 0.3 is 0 Å². The highest BCUT2D eigenvalue weighted by atomic mass is 35.5. The lowest BCUT2D eigenvalue weighted by molar-refractivity contribution is -0.137. The second kappa shape index (κ2) is 16.2. The Morgan fingerprint density at radius 1 is 0.968 bits per heavy atom. The lowest BCUT2D eigenvalue weighted by atomic mass is 9.61. The van der Waals surface area contributed by atoms with Gasteiger partial charge in [-0.2, -0.15) is 4.98 Å². The highest BCUT2D eigenvalue weighted by Gasteiger charge is 2.55. The molecule has 1 unspecified atom stereocenters. The Balaban J connectivity index is 0.777. The van der Waals surface area contributed by atoms with Crippen molar-refractivity contribution in [3.63, 3.8) is 0 Å². The number of likely N-dealkylation sites (tertiary alicyclic amines) is 1. The van der Waals surface area contributed by atoms with Crippen LogP contribution in [0.4, 0.5) is 34.5 Å². The van der Waals surface area contributed by atoms with E-state index >= 15 is 0 Å². The maximum atomic E-state index is 13.3. The van der Waals surface area contributed by atoms with Gasteiger partial charge in [0.2, 0.25) is 27.8 Å². The average Bonchev–Trinajstić information content (AvgIpc) is 3.55. The maximum Gasteiger partial charge on any atom is 0.255 e. The molecule has 5 aliphatic rings. The van der Waals surface area contributed by atoms with Gasteiger partial charge in [-0.05, 0) is 74.9 Å². The topological polar surface area (TPSA) is 179 Å². The largest absolute Gasteiger partial charge is 0.494 e. The van der Waals surface area contributed by atoms with Gasteiger partial charge in [-0.1, -0.05) is 29.8 Å². The van der Waals surface area contributed by atoms with E-state index in [1.807, 2.05) is 18.2 Å². The number of nitrogens with zero attached hydrogens (tertiary/aromatic N) is 6. The summed E-state index contributed by atoms with van der Waals surface area (Å²) in [6.45, 7) is 6.37. The molecule has 3 N–H and O–H groups in total. The molecule has 1 aromatic heterocycles. The number of sulfonamides is 1. The molecule has 3 amide bonds. The first-order chi connectivity index (χ1) is 29.7. The summed E-state index contributed by atoms with van der Waals surface area (Å²) in [5.74, 6) is 1.05. The van der Waals surface area contributed by atoms with Gasteiger partial charge in [-0.25, -0.2) is 13.4 Å². The summed E-state index contributed by atoms with van der Waals surface area (Å²) in [4.78, 5) is 53.1. The van der Waals surface area contributed by atoms with Crippen molar-refractivity contribution in [2.75, 3.05) is 66.4 Å². The van der Waals surface area contributed by atoms with E-state index in [0.29, 0.717) is 58.9 Å². The molecule has 9 rings (SSSR count). The highest BCUT2D eigenvalue weighted by Crippen LogP contribution is 2.52. The number of carbonyl (C=O) groups excluding carboxylic acids is 3. The van der Waals surface area contributed by atoms with Gasteiger partial charge in [-0.3, -0.25) is 28.9 Å². The van der Waals surface area contributed by atoms with Crippen LogP contribution in [0.5, 0.6) is 11.5 Å². The first-order valence-corrected chi connectivity index (χ1v) is 23.1. The number of rotatable bonds is 12. The van der Waals surface area contributed by atoms with Crippen LogP contribution >= 0.6 is 11.6 Å². The van der Waals surface area contributed by atoms with Crippen molar-refractivity contribution >= 4 is 73.9 Å². The predicted molar refractivity (Wildman–Crippen MR) is 236 cm³/mol. The van der Waals surface area contributed by atoms with E-state index in [9.17, 15) is 22.8 Å². The number of methoxy groups -OCH3 is 1. The Hall–Kier alpha value is -5.65. The molecular formula is C44H50ClN9O7S. The van der Waals surface area contributed by atoms with Crippen LogP contribution < -0.4 is 34.6 Å². The summed E-state index contributed by atoms with van der Waals surface area (Å²) in [7, 11) is -0.385. The summed E-state index contributed by atoms with van der Waals surface area (Å²) in [6.07, 6.45) is 7.34. The number of piperidine rings is 2. The molecule has 3 saturated heterocycles. The number of halogens is 1. The fourth-order valence-corrected chi connectivity index (χ4v) is 10.4. The van der Waals surface area contributed by atoms with Gasteiger partial charge in [0, 0.05) is 74.0 Å². The van der Waals surface area contributed by atoms with Gasteiger partial charge in [0.1, 0.15) is 22.6 Å². The van der Waals surface area contributed by atoms with Gasteiger partial charge in [0.05, 0.1) is 49.3 Å². The predicted octanol–water partition coefficient (Wildman–Crippen LogP) is 5.60. The van der Waals surface area contributed by atoms with Crippen molar-refractivity contribution in [3.05, 3.63) is 82.5 Å². The quantitative estimate of drug-likeness (QED) is 0.150. The van der Waals surface area contributed by atoms with Crippen molar-refractivity contribution in [1.29, 1.82) is 0 Å². The van der Waals surface area contributed by atoms with Crippen LogP contribution in [-0.4, -0.2) is 111 Å². The van der Waals surface area contributed by atoms with E-state index in [0.717, 1.165) is 74.9 Å². The molecule has 0 radical (unpaired) electrons. The minimum absolute atomic E-state index is 0.0872. The molecular weight excluding hydrogens is 834 g/mol. The molecule has 3 aromatic carbocycles. The molecule has 62 heavy (non-hydrogen) atoms. The molecule has 5 heterocycles. The monoisotopic (exact) mass is 883 g/mol. The Morgan fingerprint density at radius 2 is 1.73 bits per heavy atom. The number of anilines is 6. The number of nitrogens with one attached hydrogen (secondary N) is 3. The molecule has 0 bridgehead atoms. The van der Waals surface area contributed by atoms with E-state index in [-0.39, 0.29) is 40.7 Å². The van der Waals surface area contributed by atoms with Crippen LogP contribution in [0.2, 0.25) is 5.02 Å². The fraction of sp³-hybridized carbons (Fsp3) is 0.432. The third-order valence-corrected chi connectivity index (χ3v) is 14.5. The Kier molecular flexibility index (Phi) is 10.9. The van der Waals surface area contributed by atoms with E-state index in [4.69, 9.17) is 21.1 Å². The zero-order valence-electron chi connectivity index (χ0n) is 35.1. The number of para-hydroxylation sites is 2. The zero-order valence-corrected chi connectivity index (χ0v) is 36.7. The number of amides is 3. The van der Waals surface area contributed by atoms with Crippen molar-refractivity contribution in [3.8, 4) is 11.5 Å². The summed E-state index contributed by atoms with van der Waals surface area (Å²) in [5.41, 5.74) is 5.51. The highest BCUT2D eigenvalue weighted by molar-refractivity contribution is 7.92. The van der Waals surface area contributed by atoms with Gasteiger partial charge < -0.3 is 29.9 Å². The molecule has 1 spiro atoms. The molecule has 326 valence electrons. The number of imide groups is 1. The first kappa shape index (κ1) is 41.7. The molecule has 1 atom stereocenters. The number of carbonyl (C=O) groups is 3. The van der Waals surface area contributed by atoms with Gasteiger partial charge in [0.25, 0.3) is 5.91 Å². The summed E-state index contributed by atoms with van der Waals surface area (Å²) in [5, 5.41) is 9.09. The smallest absolute Gasteiger partial charge is 0.255 e. The number of aromatic nitrogens is 2. The van der Waals surface area contributed by atoms with Crippen molar-refractivity contribution in [2.24, 2.45) is 5.41 Å². The summed E-state index contributed by atoms with van der Waals surface area (Å²) >= 11 is 6.50. The molecule has 18 heteroatoms. The Bertz CT molecular complexity index is 2560. The van der Waals surface area contributed by atoms with Crippen LogP contribution in [0, 0.1) is 12.3 Å². The molecule has 1 saturated carbocycles. The van der Waals surface area contributed by atoms with Crippen LogP contribution in [0.3, 0.4) is 0 Å². The van der Waals surface area contributed by atoms with Crippen molar-refractivity contribution in [2.45, 2.75) is 70.2 Å². The number of hydrogen-bond donors (Lipinski definition) is 3. The number of benzene rings is 3. The lowest BCUT2D eigenvalue weighted by Crippen LogP contribution is -2.67. The van der Waals surface area contributed by atoms with E-state index in [1.54, 1.807) is 42.3 Å². The molecule has 4 fully saturated rings. The zero-order chi connectivity index (χ0) is 43.5. The minimum Gasteiger partial charge on any atom is -0.494 e. The van der Waals surface area contributed by atoms with E-state index < -0.39 is 22.0 Å². The Labute approximate surface area is 366 Å². The number of ether oxygens (including phenoxy) is 2. The van der Waals surface area contributed by atoms with Crippen LogP contribution in [-0.2, 0) is 26.2 Å². The van der Waals surface area contributed by atoms with Gasteiger partial charge in [-0.15, -0.1) is 0 Å². The van der Waals surface area contributed by atoms with Crippen LogP contribution in [0.1, 0.15) is 60.0 Å². The van der Waals surface area contributed by atoms with Gasteiger partial charge in [0.15, 0.2) is 5.82 Å². The normalized spacial score (nSPS) is 20.3. The molecule has 1 aliphatic carbocycles. The first-order valence-electron chi connectivity index (χ1n) is 20.9. The molecule has 16 nitrogen and oxygen atoms in total. The summed E-state index contributed by atoms with van der Waals surface area (Å²) < 4.78 is 38.1. The van der Waals surface area contributed by atoms with Crippen LogP contribution in [0.15, 0.2) is 60.8 Å². The molecule has 4 aliphatic heterocycles. The second-order valence-electron chi connectivity index (χ2n) is 17.2. The van der Waals surface area contributed by atoms with Crippen molar-refractivity contribution in [1.82, 2.24) is 25.1 Å². The van der Waals surface area contributed by atoms with E-state index in [1.165, 1.54) is 17.5 Å². The van der Waals surface area contributed by atoms with Crippen LogP contribution in [0.25, 0.3) is 0 Å². The molecule has 4 aromatic rings. The average molecular weight is 884 g/mol. The SMILES string of the molecule is COc1cc(N2CCC(N3CC4(CC(Oc5cccc6c5CN(C5CCC(=O)NC5=O)C6=O)C4)C3)CC2)c(C)cc1Nc1ncc(Cl)c(Nc2ccccc2N(C)S(C)(=O)=O)n1. The summed E-state index contributed by atoms with van der Waals surface area (Å²) in [6, 6.07) is 16.5. The Morgan fingerprint density at radius 3 is 2.45 bits per heavy atom. The fourth-order valence-electron chi connectivity index (χ4n) is 9.72. The third kappa shape index (κ3) is 7.97. The standard InChI is InChI=1S/C44H50ClN9O7S/c1-26-18-33(48-43-46-22-31(45)40(50-43)47-32-9-5-6-10-34(32)51(2)62(4,58)59)38(60-3)19-36(26)52-16-14-27(15-17-52)53-24-44(25-53)20-28(21-44)61-37-11-7-8-29-30(37)23-54(42(29)57)35-12-13-39(55)49-41(35)56/h5-11,18-19,22,27-28,35H,12-17,20-21,23-25H2,1-4H3,(H,49,55,56)(H2,46,47,48,50). The number of hydrogen-bond acceptors (Lipinski definition) is 13. The third-order valence-electron chi connectivity index (χ3n) is 13.1. The van der Waals surface area contributed by atoms with Crippen molar-refractivity contribution < 1.29 is 32.3 Å². The maximum absolute atomic E-state index is 13.3. The minimum atomic E-state index is -3.51. The number of aryl methyl sites for hydroxylation is 1. The second-order valence-corrected chi connectivity index (χ2v) is 19.6.